The minimum absolute atomic E-state index is 0.0477. The first-order chi connectivity index (χ1) is 10.3. The zero-order chi connectivity index (χ0) is 16.0. The van der Waals surface area contributed by atoms with Gasteiger partial charge in [-0.2, -0.15) is 5.26 Å². The lowest BCUT2D eigenvalue weighted by atomic mass is 9.53. The molecule has 0 aromatic heterocycles. The summed E-state index contributed by atoms with van der Waals surface area (Å²) in [6.07, 6.45) is 7.96. The van der Waals surface area contributed by atoms with Crippen LogP contribution < -0.4 is 10.6 Å². The summed E-state index contributed by atoms with van der Waals surface area (Å²) >= 11 is 0. The quantitative estimate of drug-likeness (QED) is 0.820. The summed E-state index contributed by atoms with van der Waals surface area (Å²) in [5, 5.41) is 15.8. The third kappa shape index (κ3) is 2.88. The summed E-state index contributed by atoms with van der Waals surface area (Å²) < 4.78 is 0. The molecule has 4 fully saturated rings. The Bertz CT molecular complexity index is 458. The second kappa shape index (κ2) is 5.53. The zero-order valence-corrected chi connectivity index (χ0v) is 14.1. The molecule has 0 heterocycles. The molecular weight excluding hydrogens is 274 g/mol. The van der Waals surface area contributed by atoms with Gasteiger partial charge in [-0.05, 0) is 69.1 Å². The van der Waals surface area contributed by atoms with Gasteiger partial charge in [-0.15, -0.1) is 0 Å². The fourth-order valence-electron chi connectivity index (χ4n) is 5.23. The van der Waals surface area contributed by atoms with Crippen LogP contribution in [0, 0.1) is 35.0 Å². The van der Waals surface area contributed by atoms with Crippen LogP contribution in [0.15, 0.2) is 0 Å². The average Bonchev–Trinajstić information content (AvgIpc) is 2.43. The number of nitriles is 1. The molecule has 22 heavy (non-hydrogen) atoms. The Morgan fingerprint density at radius 2 is 1.73 bits per heavy atom. The Labute approximate surface area is 134 Å². The van der Waals surface area contributed by atoms with Crippen molar-refractivity contribution in [3.05, 3.63) is 0 Å². The number of hydrogen-bond donors (Lipinski definition) is 2. The first-order valence-corrected chi connectivity index (χ1v) is 8.81. The highest BCUT2D eigenvalue weighted by Crippen LogP contribution is 2.55. The lowest BCUT2D eigenvalue weighted by Gasteiger charge is -2.57. The van der Waals surface area contributed by atoms with Crippen molar-refractivity contribution in [3.63, 3.8) is 0 Å². The van der Waals surface area contributed by atoms with Crippen LogP contribution in [0.3, 0.4) is 0 Å². The minimum atomic E-state index is -0.778. The number of amides is 1. The van der Waals surface area contributed by atoms with Crippen LogP contribution >= 0.6 is 0 Å². The maximum Gasteiger partial charge on any atom is 0.235 e. The van der Waals surface area contributed by atoms with E-state index in [-0.39, 0.29) is 17.4 Å². The van der Waals surface area contributed by atoms with Crippen LogP contribution in [0.2, 0.25) is 0 Å². The number of nitrogens with zero attached hydrogens (tertiary/aromatic N) is 1. The van der Waals surface area contributed by atoms with E-state index in [9.17, 15) is 10.1 Å². The third-order valence-electron chi connectivity index (χ3n) is 6.45. The second-order valence-corrected chi connectivity index (χ2v) is 8.57. The van der Waals surface area contributed by atoms with Gasteiger partial charge in [0.1, 0.15) is 5.54 Å². The number of carbonyl (C=O) groups is 1. The molecule has 0 aliphatic heterocycles. The van der Waals surface area contributed by atoms with Gasteiger partial charge in [0, 0.05) is 5.54 Å². The summed E-state index contributed by atoms with van der Waals surface area (Å²) in [6, 6.07) is 2.24. The number of rotatable bonds is 5. The van der Waals surface area contributed by atoms with Crippen LogP contribution in [0.4, 0.5) is 0 Å². The first kappa shape index (κ1) is 15.8. The molecule has 4 rings (SSSR count). The molecule has 0 radical (unpaired) electrons. The van der Waals surface area contributed by atoms with E-state index in [1.54, 1.807) is 6.92 Å². The highest BCUT2D eigenvalue weighted by Gasteiger charge is 2.50. The maximum atomic E-state index is 12.3. The van der Waals surface area contributed by atoms with Gasteiger partial charge in [0.15, 0.2) is 0 Å². The minimum Gasteiger partial charge on any atom is -0.337 e. The average molecular weight is 303 g/mol. The Hall–Kier alpha value is -1.08. The van der Waals surface area contributed by atoms with Gasteiger partial charge in [0.05, 0.1) is 12.6 Å². The summed E-state index contributed by atoms with van der Waals surface area (Å²) in [6.45, 7) is 6.09. The maximum absolute atomic E-state index is 12.3. The molecule has 4 bridgehead atoms. The van der Waals surface area contributed by atoms with Crippen molar-refractivity contribution in [1.82, 2.24) is 10.6 Å². The van der Waals surface area contributed by atoms with Gasteiger partial charge in [0.2, 0.25) is 5.91 Å². The molecule has 0 saturated heterocycles. The molecule has 4 heteroatoms. The highest BCUT2D eigenvalue weighted by atomic mass is 16.2. The van der Waals surface area contributed by atoms with Gasteiger partial charge in [-0.1, -0.05) is 13.8 Å². The van der Waals surface area contributed by atoms with Crippen molar-refractivity contribution in [2.75, 3.05) is 6.54 Å². The standard InChI is InChI=1S/C18H29N3O/c1-12(2)17(3,11-19)21-16(22)10-20-18-7-13-4-14(8-18)6-15(5-13)9-18/h12-15,20H,4-10H2,1-3H3,(H,21,22)/t13?,14?,15?,17-,18?/m1/s1. The molecule has 122 valence electrons. The Morgan fingerprint density at radius 3 is 2.14 bits per heavy atom. The molecule has 0 unspecified atom stereocenters. The van der Waals surface area contributed by atoms with Crippen LogP contribution in [-0.2, 0) is 4.79 Å². The smallest absolute Gasteiger partial charge is 0.235 e. The largest absolute Gasteiger partial charge is 0.337 e. The number of nitrogens with one attached hydrogen (secondary N) is 2. The summed E-state index contributed by atoms with van der Waals surface area (Å²) in [5.74, 6) is 2.68. The van der Waals surface area contributed by atoms with Gasteiger partial charge < -0.3 is 10.6 Å². The molecular formula is C18H29N3O. The summed E-state index contributed by atoms with van der Waals surface area (Å²) in [5.41, 5.74) is -0.576. The van der Waals surface area contributed by atoms with Gasteiger partial charge in [-0.25, -0.2) is 0 Å². The van der Waals surface area contributed by atoms with Gasteiger partial charge in [0.25, 0.3) is 0 Å². The molecule has 4 saturated carbocycles. The number of hydrogen-bond acceptors (Lipinski definition) is 3. The summed E-state index contributed by atoms with van der Waals surface area (Å²) in [4.78, 5) is 12.3. The predicted octanol–water partition coefficient (Wildman–Crippen LogP) is 2.60. The molecule has 1 atom stereocenters. The molecule has 2 N–H and O–H groups in total. The zero-order valence-electron chi connectivity index (χ0n) is 14.1. The van der Waals surface area contributed by atoms with Gasteiger partial charge >= 0.3 is 0 Å². The fourth-order valence-corrected chi connectivity index (χ4v) is 5.23. The van der Waals surface area contributed by atoms with Crippen molar-refractivity contribution in [3.8, 4) is 6.07 Å². The SMILES string of the molecule is CC(C)[C@@](C)(C#N)NC(=O)CNC12CC3CC(CC(C3)C1)C2. The fraction of sp³-hybridized carbons (Fsp3) is 0.889. The van der Waals surface area contributed by atoms with Crippen LogP contribution in [-0.4, -0.2) is 23.5 Å². The Balaban J connectivity index is 1.57. The second-order valence-electron chi connectivity index (χ2n) is 8.57. The van der Waals surface area contributed by atoms with E-state index in [1.807, 2.05) is 13.8 Å². The Kier molecular flexibility index (Phi) is 3.97. The molecule has 4 aliphatic carbocycles. The monoisotopic (exact) mass is 303 g/mol. The predicted molar refractivity (Wildman–Crippen MR) is 85.9 cm³/mol. The van der Waals surface area contributed by atoms with Crippen LogP contribution in [0.25, 0.3) is 0 Å². The van der Waals surface area contributed by atoms with Crippen molar-refractivity contribution in [2.24, 2.45) is 23.7 Å². The first-order valence-electron chi connectivity index (χ1n) is 8.81. The Morgan fingerprint density at radius 1 is 1.23 bits per heavy atom. The topological polar surface area (TPSA) is 64.9 Å². The van der Waals surface area contributed by atoms with E-state index in [1.165, 1.54) is 38.5 Å². The highest BCUT2D eigenvalue weighted by molar-refractivity contribution is 5.79. The van der Waals surface area contributed by atoms with Crippen molar-refractivity contribution >= 4 is 5.91 Å². The lowest BCUT2D eigenvalue weighted by Crippen LogP contribution is -2.61. The molecule has 0 aromatic carbocycles. The van der Waals surface area contributed by atoms with Crippen LogP contribution in [0.5, 0.6) is 0 Å². The van der Waals surface area contributed by atoms with E-state index >= 15 is 0 Å². The van der Waals surface area contributed by atoms with E-state index in [0.29, 0.717) is 6.54 Å². The molecule has 4 nitrogen and oxygen atoms in total. The van der Waals surface area contributed by atoms with Crippen molar-refractivity contribution in [1.29, 1.82) is 5.26 Å². The van der Waals surface area contributed by atoms with E-state index in [2.05, 4.69) is 16.7 Å². The van der Waals surface area contributed by atoms with Crippen LogP contribution in [0.1, 0.15) is 59.3 Å². The molecule has 0 spiro atoms. The molecule has 0 aromatic rings. The van der Waals surface area contributed by atoms with E-state index < -0.39 is 5.54 Å². The summed E-state index contributed by atoms with van der Waals surface area (Å²) in [7, 11) is 0. The van der Waals surface area contributed by atoms with E-state index in [0.717, 1.165) is 17.8 Å². The van der Waals surface area contributed by atoms with Gasteiger partial charge in [-0.3, -0.25) is 4.79 Å². The number of carbonyl (C=O) groups excluding carboxylic acids is 1. The van der Waals surface area contributed by atoms with Crippen molar-refractivity contribution < 1.29 is 4.79 Å². The van der Waals surface area contributed by atoms with E-state index in [4.69, 9.17) is 0 Å². The van der Waals surface area contributed by atoms with Crippen molar-refractivity contribution in [2.45, 2.75) is 70.4 Å². The lowest BCUT2D eigenvalue weighted by molar-refractivity contribution is -0.123. The molecule has 1 amide bonds. The molecule has 4 aliphatic rings. The third-order valence-corrected chi connectivity index (χ3v) is 6.45. The normalized spacial score (nSPS) is 38.6.